The maximum Gasteiger partial charge on any atom is 0.263 e. The highest BCUT2D eigenvalue weighted by Crippen LogP contribution is 2.16. The summed E-state index contributed by atoms with van der Waals surface area (Å²) >= 11 is 0. The zero-order chi connectivity index (χ0) is 13.7. The van der Waals surface area contributed by atoms with Gasteiger partial charge in [-0.3, -0.25) is 4.72 Å². The molecule has 2 heterocycles. The van der Waals surface area contributed by atoms with E-state index in [2.05, 4.69) is 24.7 Å². The molecule has 0 saturated heterocycles. The Balaban J connectivity index is 2.20. The summed E-state index contributed by atoms with van der Waals surface area (Å²) in [4.78, 5) is 4.16. The van der Waals surface area contributed by atoms with Crippen LogP contribution in [0, 0.1) is 0 Å². The van der Waals surface area contributed by atoms with Gasteiger partial charge in [0.1, 0.15) is 12.1 Å². The fraction of sp³-hybridized carbons (Fsp3) is 0.273. The van der Waals surface area contributed by atoms with Crippen molar-refractivity contribution in [3.8, 4) is 0 Å². The average Bonchev–Trinajstić information content (AvgIpc) is 2.89. The molecule has 102 valence electrons. The van der Waals surface area contributed by atoms with Crippen molar-refractivity contribution in [1.29, 1.82) is 0 Å². The van der Waals surface area contributed by atoms with Gasteiger partial charge >= 0.3 is 0 Å². The van der Waals surface area contributed by atoms with Gasteiger partial charge in [-0.15, -0.1) is 0 Å². The topological polar surface area (TPSA) is 97.1 Å². The molecule has 7 nitrogen and oxygen atoms in total. The van der Waals surface area contributed by atoms with Crippen LogP contribution in [0.1, 0.15) is 13.3 Å². The van der Waals surface area contributed by atoms with Crippen molar-refractivity contribution in [3.63, 3.8) is 0 Å². The van der Waals surface area contributed by atoms with E-state index < -0.39 is 10.0 Å². The molecular formula is C11H14N4O3S. The van der Waals surface area contributed by atoms with Crippen LogP contribution in [0.2, 0.25) is 0 Å². The van der Waals surface area contributed by atoms with Gasteiger partial charge in [0.25, 0.3) is 10.0 Å². The number of pyridine rings is 1. The van der Waals surface area contributed by atoms with Crippen LogP contribution in [-0.4, -0.2) is 25.1 Å². The third-order valence-electron chi connectivity index (χ3n) is 2.27. The second-order valence-corrected chi connectivity index (χ2v) is 5.48. The third-order valence-corrected chi connectivity index (χ3v) is 3.63. The first-order valence-corrected chi connectivity index (χ1v) is 7.23. The standard InChI is InChI=1S/C11H14N4O3S/c1-2-5-12-11-8-9(3-6-13-11)19(16,17)15-10-4-7-18-14-10/h3-4,6-8H,2,5H2,1H3,(H,12,13)(H,14,15). The number of hydrogen-bond donors (Lipinski definition) is 2. The zero-order valence-electron chi connectivity index (χ0n) is 10.3. The van der Waals surface area contributed by atoms with Gasteiger partial charge < -0.3 is 9.84 Å². The molecule has 0 radical (unpaired) electrons. The average molecular weight is 282 g/mol. The predicted molar refractivity (Wildman–Crippen MR) is 70.3 cm³/mol. The molecule has 0 atom stereocenters. The first-order chi connectivity index (χ1) is 9.12. The number of hydrogen-bond acceptors (Lipinski definition) is 6. The van der Waals surface area contributed by atoms with E-state index in [1.54, 1.807) is 0 Å². The lowest BCUT2D eigenvalue weighted by atomic mass is 10.4. The summed E-state index contributed by atoms with van der Waals surface area (Å²) < 4.78 is 31.0. The van der Waals surface area contributed by atoms with Crippen LogP contribution in [0.3, 0.4) is 0 Å². The van der Waals surface area contributed by atoms with E-state index in [0.717, 1.165) is 13.0 Å². The lowest BCUT2D eigenvalue weighted by Gasteiger charge is -2.07. The molecule has 0 aliphatic heterocycles. The van der Waals surface area contributed by atoms with Crippen LogP contribution in [0.5, 0.6) is 0 Å². The minimum Gasteiger partial charge on any atom is -0.370 e. The number of aromatic nitrogens is 2. The van der Waals surface area contributed by atoms with Crippen molar-refractivity contribution >= 4 is 21.7 Å². The Bertz CT molecular complexity index is 625. The second kappa shape index (κ2) is 5.70. The normalized spacial score (nSPS) is 11.2. The number of rotatable bonds is 6. The monoisotopic (exact) mass is 282 g/mol. The van der Waals surface area contributed by atoms with E-state index in [4.69, 9.17) is 0 Å². The van der Waals surface area contributed by atoms with Gasteiger partial charge in [-0.05, 0) is 12.5 Å². The molecule has 0 bridgehead atoms. The maximum absolute atomic E-state index is 12.1. The van der Waals surface area contributed by atoms with Crippen LogP contribution in [0.25, 0.3) is 0 Å². The summed E-state index contributed by atoms with van der Waals surface area (Å²) in [5.74, 6) is 0.657. The van der Waals surface area contributed by atoms with Crippen molar-refractivity contribution < 1.29 is 12.9 Å². The highest BCUT2D eigenvalue weighted by molar-refractivity contribution is 7.92. The Morgan fingerprint density at radius 3 is 2.84 bits per heavy atom. The van der Waals surface area contributed by atoms with Gasteiger partial charge in [0.15, 0.2) is 5.82 Å². The largest absolute Gasteiger partial charge is 0.370 e. The summed E-state index contributed by atoms with van der Waals surface area (Å²) in [5, 5.41) is 6.53. The van der Waals surface area contributed by atoms with E-state index in [1.165, 1.54) is 30.7 Å². The number of sulfonamides is 1. The third kappa shape index (κ3) is 3.44. The zero-order valence-corrected chi connectivity index (χ0v) is 11.1. The van der Waals surface area contributed by atoms with Crippen molar-refractivity contribution in [3.05, 3.63) is 30.7 Å². The van der Waals surface area contributed by atoms with Gasteiger partial charge in [-0.1, -0.05) is 12.1 Å². The van der Waals surface area contributed by atoms with Gasteiger partial charge in [-0.2, -0.15) is 0 Å². The number of anilines is 2. The van der Waals surface area contributed by atoms with Gasteiger partial charge in [0, 0.05) is 24.9 Å². The summed E-state index contributed by atoms with van der Waals surface area (Å²) in [6.07, 6.45) is 3.66. The molecule has 0 amide bonds. The molecule has 0 aliphatic carbocycles. The lowest BCUT2D eigenvalue weighted by molar-refractivity contribution is 0.423. The fourth-order valence-electron chi connectivity index (χ4n) is 1.39. The Morgan fingerprint density at radius 1 is 1.32 bits per heavy atom. The molecule has 2 N–H and O–H groups in total. The molecule has 2 aromatic heterocycles. The van der Waals surface area contributed by atoms with Gasteiger partial charge in [-0.25, -0.2) is 13.4 Å². The van der Waals surface area contributed by atoms with Crippen LogP contribution in [0.4, 0.5) is 11.6 Å². The summed E-state index contributed by atoms with van der Waals surface area (Å²) in [7, 11) is -3.68. The molecule has 0 fully saturated rings. The van der Waals surface area contributed by atoms with E-state index in [1.807, 2.05) is 6.92 Å². The van der Waals surface area contributed by atoms with Crippen LogP contribution in [0.15, 0.2) is 40.1 Å². The van der Waals surface area contributed by atoms with Crippen LogP contribution < -0.4 is 10.0 Å². The summed E-state index contributed by atoms with van der Waals surface area (Å²) in [6.45, 7) is 2.74. The number of nitrogens with one attached hydrogen (secondary N) is 2. The Kier molecular flexibility index (Phi) is 4.00. The molecule has 2 aromatic rings. The molecule has 19 heavy (non-hydrogen) atoms. The minimum absolute atomic E-state index is 0.115. The molecule has 0 unspecified atom stereocenters. The lowest BCUT2D eigenvalue weighted by Crippen LogP contribution is -2.14. The Hall–Kier alpha value is -2.09. The molecule has 0 saturated carbocycles. The van der Waals surface area contributed by atoms with E-state index in [9.17, 15) is 8.42 Å². The summed E-state index contributed by atoms with van der Waals surface area (Å²) in [5.41, 5.74) is 0. The number of nitrogens with zero attached hydrogens (tertiary/aromatic N) is 2. The van der Waals surface area contributed by atoms with Crippen molar-refractivity contribution in [2.75, 3.05) is 16.6 Å². The summed E-state index contributed by atoms with van der Waals surface area (Å²) in [6, 6.07) is 4.31. The first-order valence-electron chi connectivity index (χ1n) is 5.75. The van der Waals surface area contributed by atoms with Crippen molar-refractivity contribution in [2.45, 2.75) is 18.2 Å². The fourth-order valence-corrected chi connectivity index (χ4v) is 2.40. The second-order valence-electron chi connectivity index (χ2n) is 3.79. The van der Waals surface area contributed by atoms with Crippen molar-refractivity contribution in [1.82, 2.24) is 10.1 Å². The van der Waals surface area contributed by atoms with Crippen molar-refractivity contribution in [2.24, 2.45) is 0 Å². The smallest absolute Gasteiger partial charge is 0.263 e. The SMILES string of the molecule is CCCNc1cc(S(=O)(=O)Nc2ccon2)ccn1. The Labute approximate surface area is 111 Å². The quantitative estimate of drug-likeness (QED) is 0.836. The highest BCUT2D eigenvalue weighted by Gasteiger charge is 2.16. The first kappa shape index (κ1) is 13.3. The Morgan fingerprint density at radius 2 is 2.16 bits per heavy atom. The molecule has 8 heteroatoms. The highest BCUT2D eigenvalue weighted by atomic mass is 32.2. The van der Waals surface area contributed by atoms with E-state index in [-0.39, 0.29) is 10.7 Å². The molecule has 0 aromatic carbocycles. The van der Waals surface area contributed by atoms with E-state index in [0.29, 0.717) is 5.82 Å². The minimum atomic E-state index is -3.68. The van der Waals surface area contributed by atoms with E-state index >= 15 is 0 Å². The van der Waals surface area contributed by atoms with Gasteiger partial charge in [0.2, 0.25) is 0 Å². The predicted octanol–water partition coefficient (Wildman–Crippen LogP) is 1.69. The van der Waals surface area contributed by atoms with Gasteiger partial charge in [0.05, 0.1) is 4.90 Å². The van der Waals surface area contributed by atoms with Crippen LogP contribution >= 0.6 is 0 Å². The molecule has 0 aliphatic rings. The van der Waals surface area contributed by atoms with Crippen LogP contribution in [-0.2, 0) is 10.0 Å². The molecule has 2 rings (SSSR count). The maximum atomic E-state index is 12.1. The molecule has 0 spiro atoms. The molecular weight excluding hydrogens is 268 g/mol.